The van der Waals surface area contributed by atoms with Gasteiger partial charge in [-0.05, 0) is 40.6 Å². The van der Waals surface area contributed by atoms with E-state index in [1.165, 1.54) is 16.3 Å². The van der Waals surface area contributed by atoms with E-state index < -0.39 is 0 Å². The van der Waals surface area contributed by atoms with Crippen LogP contribution in [0.1, 0.15) is 23.6 Å². The summed E-state index contributed by atoms with van der Waals surface area (Å²) in [5.74, 6) is 0.271. The molecule has 0 saturated carbocycles. The maximum absolute atomic E-state index is 10.4. The quantitative estimate of drug-likeness (QED) is 0.491. The summed E-state index contributed by atoms with van der Waals surface area (Å²) < 4.78 is 0. The van der Waals surface area contributed by atoms with Crippen molar-refractivity contribution in [2.75, 3.05) is 5.01 Å². The molecule has 0 radical (unpaired) electrons. The molecule has 1 aliphatic rings. The zero-order valence-corrected chi connectivity index (χ0v) is 15.4. The summed E-state index contributed by atoms with van der Waals surface area (Å²) in [6.07, 6.45) is 0.737. The largest absolute Gasteiger partial charge is 0.507 e. The topological polar surface area (TPSA) is 35.8 Å². The van der Waals surface area contributed by atoms with E-state index in [4.69, 9.17) is 5.10 Å². The first-order valence-corrected chi connectivity index (χ1v) is 9.49. The van der Waals surface area contributed by atoms with Gasteiger partial charge in [0, 0.05) is 12.0 Å². The molecule has 1 atom stereocenters. The lowest BCUT2D eigenvalue weighted by atomic mass is 9.93. The SMILES string of the molecule is Oc1ccccc1C1=NN(c2ccccc2)C(c2cccc3ccccc23)C1. The van der Waals surface area contributed by atoms with Crippen LogP contribution in [-0.4, -0.2) is 10.8 Å². The third kappa shape index (κ3) is 2.81. The maximum atomic E-state index is 10.4. The van der Waals surface area contributed by atoms with Crippen LogP contribution in [0, 0.1) is 0 Å². The average Bonchev–Trinajstić information content (AvgIpc) is 3.19. The lowest BCUT2D eigenvalue weighted by Crippen LogP contribution is -2.18. The van der Waals surface area contributed by atoms with Gasteiger partial charge < -0.3 is 5.11 Å². The molecule has 0 spiro atoms. The zero-order chi connectivity index (χ0) is 18.9. The van der Waals surface area contributed by atoms with Crippen molar-refractivity contribution in [2.45, 2.75) is 12.5 Å². The van der Waals surface area contributed by atoms with Gasteiger partial charge in [-0.3, -0.25) is 5.01 Å². The second-order valence-corrected chi connectivity index (χ2v) is 7.03. The lowest BCUT2D eigenvalue weighted by molar-refractivity contribution is 0.474. The van der Waals surface area contributed by atoms with Gasteiger partial charge in [0.1, 0.15) is 5.75 Å². The molecule has 136 valence electrons. The van der Waals surface area contributed by atoms with Gasteiger partial charge >= 0.3 is 0 Å². The van der Waals surface area contributed by atoms with Crippen molar-refractivity contribution in [3.63, 3.8) is 0 Å². The van der Waals surface area contributed by atoms with E-state index >= 15 is 0 Å². The Morgan fingerprint density at radius 1 is 0.750 bits per heavy atom. The Morgan fingerprint density at radius 2 is 1.46 bits per heavy atom. The Hall–Kier alpha value is -3.59. The van der Waals surface area contributed by atoms with Crippen molar-refractivity contribution in [1.29, 1.82) is 0 Å². The van der Waals surface area contributed by atoms with Crippen LogP contribution in [0.15, 0.2) is 102 Å². The second kappa shape index (κ2) is 6.86. The predicted octanol–water partition coefficient (Wildman–Crippen LogP) is 5.90. The smallest absolute Gasteiger partial charge is 0.124 e. The molecule has 5 rings (SSSR count). The second-order valence-electron chi connectivity index (χ2n) is 7.03. The summed E-state index contributed by atoms with van der Waals surface area (Å²) in [5.41, 5.74) is 3.99. The van der Waals surface area contributed by atoms with Gasteiger partial charge in [0.15, 0.2) is 0 Å². The number of hydrazone groups is 1. The Kier molecular flexibility index (Phi) is 4.06. The Balaban J connectivity index is 1.65. The summed E-state index contributed by atoms with van der Waals surface area (Å²) in [7, 11) is 0. The van der Waals surface area contributed by atoms with Crippen LogP contribution in [0.5, 0.6) is 5.75 Å². The number of nitrogens with zero attached hydrogens (tertiary/aromatic N) is 2. The average molecular weight is 364 g/mol. The normalized spacial score (nSPS) is 16.4. The highest BCUT2D eigenvalue weighted by Crippen LogP contribution is 2.40. The minimum atomic E-state index is 0.0723. The standard InChI is InChI=1S/C25H20N2O/c28-25-16-7-6-14-22(25)23-17-24(27(26-23)19-11-2-1-3-12-19)21-15-8-10-18-9-4-5-13-20(18)21/h1-16,24,28H,17H2. The molecule has 0 aliphatic carbocycles. The fourth-order valence-corrected chi connectivity index (χ4v) is 3.99. The molecule has 0 amide bonds. The van der Waals surface area contributed by atoms with Crippen LogP contribution in [0.4, 0.5) is 5.69 Å². The molecule has 3 nitrogen and oxygen atoms in total. The number of phenolic OH excluding ortho intramolecular Hbond substituents is 1. The van der Waals surface area contributed by atoms with E-state index in [-0.39, 0.29) is 11.8 Å². The first kappa shape index (κ1) is 16.6. The van der Waals surface area contributed by atoms with E-state index in [0.717, 1.165) is 23.4 Å². The van der Waals surface area contributed by atoms with E-state index in [2.05, 4.69) is 59.6 Å². The van der Waals surface area contributed by atoms with Crippen molar-refractivity contribution in [3.8, 4) is 5.75 Å². The third-order valence-corrected chi connectivity index (χ3v) is 5.33. The molecular weight excluding hydrogens is 344 g/mol. The van der Waals surface area contributed by atoms with Crippen molar-refractivity contribution in [2.24, 2.45) is 5.10 Å². The molecule has 0 fully saturated rings. The van der Waals surface area contributed by atoms with Gasteiger partial charge in [-0.15, -0.1) is 0 Å². The lowest BCUT2D eigenvalue weighted by Gasteiger charge is -2.25. The molecule has 0 saturated heterocycles. The summed E-state index contributed by atoms with van der Waals surface area (Å²) >= 11 is 0. The third-order valence-electron chi connectivity index (χ3n) is 5.33. The van der Waals surface area contributed by atoms with E-state index in [9.17, 15) is 5.11 Å². The molecule has 1 aliphatic heterocycles. The molecule has 0 bridgehead atoms. The molecular formula is C25H20N2O. The summed E-state index contributed by atoms with van der Waals surface area (Å²) in [6.45, 7) is 0. The highest BCUT2D eigenvalue weighted by atomic mass is 16.3. The predicted molar refractivity (Wildman–Crippen MR) is 115 cm³/mol. The molecule has 1 N–H and O–H groups in total. The number of para-hydroxylation sites is 2. The fourth-order valence-electron chi connectivity index (χ4n) is 3.99. The van der Waals surface area contributed by atoms with Crippen LogP contribution in [0.2, 0.25) is 0 Å². The highest BCUT2D eigenvalue weighted by Gasteiger charge is 2.31. The minimum absolute atomic E-state index is 0.0723. The first-order chi connectivity index (χ1) is 13.8. The van der Waals surface area contributed by atoms with Crippen molar-refractivity contribution in [1.82, 2.24) is 0 Å². The number of rotatable bonds is 3. The summed E-state index contributed by atoms with van der Waals surface area (Å²) in [4.78, 5) is 0. The number of benzene rings is 4. The van der Waals surface area contributed by atoms with Gasteiger partial charge in [-0.25, -0.2) is 0 Å². The van der Waals surface area contributed by atoms with Crippen LogP contribution in [0.3, 0.4) is 0 Å². The minimum Gasteiger partial charge on any atom is -0.507 e. The zero-order valence-electron chi connectivity index (χ0n) is 15.4. The Morgan fingerprint density at radius 3 is 2.32 bits per heavy atom. The van der Waals surface area contributed by atoms with Crippen LogP contribution in [0.25, 0.3) is 10.8 Å². The maximum Gasteiger partial charge on any atom is 0.124 e. The van der Waals surface area contributed by atoms with E-state index in [1.807, 2.05) is 36.4 Å². The molecule has 28 heavy (non-hydrogen) atoms. The fraction of sp³-hybridized carbons (Fsp3) is 0.0800. The van der Waals surface area contributed by atoms with Gasteiger partial charge in [0.05, 0.1) is 17.4 Å². The van der Waals surface area contributed by atoms with Crippen molar-refractivity contribution >= 4 is 22.2 Å². The molecule has 4 aromatic rings. The van der Waals surface area contributed by atoms with Crippen molar-refractivity contribution < 1.29 is 5.11 Å². The van der Waals surface area contributed by atoms with E-state index in [0.29, 0.717) is 0 Å². The summed E-state index contributed by atoms with van der Waals surface area (Å²) in [5, 5.41) is 19.9. The monoisotopic (exact) mass is 364 g/mol. The van der Waals surface area contributed by atoms with Gasteiger partial charge in [0.2, 0.25) is 0 Å². The number of hydrogen-bond donors (Lipinski definition) is 1. The molecule has 4 aromatic carbocycles. The Bertz CT molecular complexity index is 1160. The molecule has 1 heterocycles. The van der Waals surface area contributed by atoms with Crippen LogP contribution in [-0.2, 0) is 0 Å². The van der Waals surface area contributed by atoms with Gasteiger partial charge in [0.25, 0.3) is 0 Å². The van der Waals surface area contributed by atoms with Gasteiger partial charge in [-0.2, -0.15) is 5.10 Å². The Labute approximate surface area is 164 Å². The number of hydrogen-bond acceptors (Lipinski definition) is 3. The van der Waals surface area contributed by atoms with Gasteiger partial charge in [-0.1, -0.05) is 72.8 Å². The van der Waals surface area contributed by atoms with E-state index in [1.54, 1.807) is 6.07 Å². The number of anilines is 1. The molecule has 0 aromatic heterocycles. The number of fused-ring (bicyclic) bond motifs is 1. The number of aromatic hydroxyl groups is 1. The first-order valence-electron chi connectivity index (χ1n) is 9.49. The molecule has 3 heteroatoms. The summed E-state index contributed by atoms with van der Waals surface area (Å²) in [6, 6.07) is 32.6. The van der Waals surface area contributed by atoms with Crippen LogP contribution >= 0.6 is 0 Å². The van der Waals surface area contributed by atoms with Crippen LogP contribution < -0.4 is 5.01 Å². The number of phenols is 1. The van der Waals surface area contributed by atoms with Crippen molar-refractivity contribution in [3.05, 3.63) is 108 Å². The highest BCUT2D eigenvalue weighted by molar-refractivity contribution is 6.05. The molecule has 1 unspecified atom stereocenters.